The molecular weight excluding hydrogens is 286 g/mol. The average Bonchev–Trinajstić information content (AvgIpc) is 2.59. The molecule has 0 saturated carbocycles. The number of esters is 1. The highest BCUT2D eigenvalue weighted by Gasteiger charge is 2.14. The Morgan fingerprint density at radius 2 is 1.35 bits per heavy atom. The standard InChI is InChI=1S/C7H13NO2.C7H8.C6H6/c1-6(9)10-7-2-4-8-5-3-7;1-7-5-3-2-4-6-7;1-2-4-6-5-3-1/h7-8H,2-5H2,1H3;2-6H,1H3;1-6H. The van der Waals surface area contributed by atoms with Gasteiger partial charge in [0, 0.05) is 6.92 Å². The minimum atomic E-state index is -0.160. The molecular formula is C20H27NO2. The molecule has 0 amide bonds. The number of aryl methyl sites for hydroxylation is 1. The second-order valence-corrected chi connectivity index (χ2v) is 5.37. The van der Waals surface area contributed by atoms with Gasteiger partial charge in [-0.15, -0.1) is 0 Å². The van der Waals surface area contributed by atoms with Gasteiger partial charge in [0.25, 0.3) is 0 Å². The van der Waals surface area contributed by atoms with Crippen LogP contribution in [0.15, 0.2) is 66.7 Å². The van der Waals surface area contributed by atoms with E-state index in [0.29, 0.717) is 0 Å². The second-order valence-electron chi connectivity index (χ2n) is 5.37. The Bertz CT molecular complexity index is 481. The molecule has 3 rings (SSSR count). The zero-order chi connectivity index (χ0) is 16.8. The molecule has 1 aliphatic rings. The van der Waals surface area contributed by atoms with Crippen molar-refractivity contribution in [1.82, 2.24) is 5.32 Å². The van der Waals surface area contributed by atoms with Gasteiger partial charge in [0.1, 0.15) is 6.10 Å². The van der Waals surface area contributed by atoms with E-state index in [1.165, 1.54) is 12.5 Å². The number of benzene rings is 2. The summed E-state index contributed by atoms with van der Waals surface area (Å²) in [5.41, 5.74) is 1.32. The van der Waals surface area contributed by atoms with Crippen molar-refractivity contribution in [3.63, 3.8) is 0 Å². The molecule has 2 aromatic carbocycles. The summed E-state index contributed by atoms with van der Waals surface area (Å²) in [4.78, 5) is 10.5. The second kappa shape index (κ2) is 12.4. The van der Waals surface area contributed by atoms with Crippen molar-refractivity contribution in [1.29, 1.82) is 0 Å². The lowest BCUT2D eigenvalue weighted by atomic mass is 10.1. The monoisotopic (exact) mass is 313 g/mol. The van der Waals surface area contributed by atoms with E-state index in [-0.39, 0.29) is 12.1 Å². The smallest absolute Gasteiger partial charge is 0.302 e. The third-order valence-corrected chi connectivity index (χ3v) is 3.23. The Morgan fingerprint density at radius 3 is 1.70 bits per heavy atom. The van der Waals surface area contributed by atoms with Gasteiger partial charge >= 0.3 is 5.97 Å². The lowest BCUT2D eigenvalue weighted by Crippen LogP contribution is -2.33. The van der Waals surface area contributed by atoms with Crippen LogP contribution in [0.3, 0.4) is 0 Å². The molecule has 0 aromatic heterocycles. The maximum absolute atomic E-state index is 10.5. The van der Waals surface area contributed by atoms with E-state index in [1.54, 1.807) is 0 Å². The van der Waals surface area contributed by atoms with Gasteiger partial charge in [0.2, 0.25) is 0 Å². The van der Waals surface area contributed by atoms with E-state index in [1.807, 2.05) is 54.6 Å². The van der Waals surface area contributed by atoms with Crippen molar-refractivity contribution in [3.05, 3.63) is 72.3 Å². The number of ether oxygens (including phenoxy) is 1. The summed E-state index contributed by atoms with van der Waals surface area (Å²) in [7, 11) is 0. The van der Waals surface area contributed by atoms with Crippen LogP contribution < -0.4 is 5.32 Å². The molecule has 1 saturated heterocycles. The highest BCUT2D eigenvalue weighted by atomic mass is 16.5. The predicted molar refractivity (Wildman–Crippen MR) is 95.3 cm³/mol. The molecule has 0 bridgehead atoms. The van der Waals surface area contributed by atoms with Crippen molar-refractivity contribution in [2.24, 2.45) is 0 Å². The molecule has 0 unspecified atom stereocenters. The van der Waals surface area contributed by atoms with Crippen LogP contribution in [-0.4, -0.2) is 25.2 Å². The fourth-order valence-corrected chi connectivity index (χ4v) is 2.07. The van der Waals surface area contributed by atoms with E-state index in [2.05, 4.69) is 24.4 Å². The van der Waals surface area contributed by atoms with E-state index in [9.17, 15) is 4.79 Å². The van der Waals surface area contributed by atoms with Gasteiger partial charge in [0.15, 0.2) is 0 Å². The van der Waals surface area contributed by atoms with Gasteiger partial charge in [-0.3, -0.25) is 4.79 Å². The Labute approximate surface area is 139 Å². The lowest BCUT2D eigenvalue weighted by Gasteiger charge is -2.21. The average molecular weight is 313 g/mol. The number of piperidine rings is 1. The highest BCUT2D eigenvalue weighted by Crippen LogP contribution is 2.06. The van der Waals surface area contributed by atoms with Crippen molar-refractivity contribution < 1.29 is 9.53 Å². The molecule has 1 aliphatic heterocycles. The van der Waals surface area contributed by atoms with Gasteiger partial charge in [0.05, 0.1) is 0 Å². The fraction of sp³-hybridized carbons (Fsp3) is 0.350. The van der Waals surface area contributed by atoms with Crippen LogP contribution in [0.1, 0.15) is 25.3 Å². The van der Waals surface area contributed by atoms with E-state index >= 15 is 0 Å². The molecule has 124 valence electrons. The SMILES string of the molecule is CC(=O)OC1CCNCC1.Cc1ccccc1.c1ccccc1. The van der Waals surface area contributed by atoms with Gasteiger partial charge < -0.3 is 10.1 Å². The number of hydrogen-bond donors (Lipinski definition) is 1. The van der Waals surface area contributed by atoms with Crippen LogP contribution in [0.2, 0.25) is 0 Å². The van der Waals surface area contributed by atoms with Crippen LogP contribution >= 0.6 is 0 Å². The molecule has 2 aromatic rings. The molecule has 0 spiro atoms. The molecule has 0 radical (unpaired) electrons. The van der Waals surface area contributed by atoms with Gasteiger partial charge in [-0.25, -0.2) is 0 Å². The molecule has 1 heterocycles. The summed E-state index contributed by atoms with van der Waals surface area (Å²) in [6, 6.07) is 22.3. The summed E-state index contributed by atoms with van der Waals surface area (Å²) in [6.45, 7) is 5.48. The van der Waals surface area contributed by atoms with Crippen molar-refractivity contribution >= 4 is 5.97 Å². The fourth-order valence-electron chi connectivity index (χ4n) is 2.07. The van der Waals surface area contributed by atoms with Crippen molar-refractivity contribution in [2.75, 3.05) is 13.1 Å². The quantitative estimate of drug-likeness (QED) is 0.809. The minimum Gasteiger partial charge on any atom is -0.462 e. The first-order chi connectivity index (χ1) is 11.2. The van der Waals surface area contributed by atoms with Crippen LogP contribution in [0, 0.1) is 6.92 Å². The summed E-state index contributed by atoms with van der Waals surface area (Å²) < 4.78 is 5.01. The molecule has 0 aliphatic carbocycles. The third kappa shape index (κ3) is 11.1. The van der Waals surface area contributed by atoms with Gasteiger partial charge in [-0.1, -0.05) is 72.3 Å². The number of nitrogens with one attached hydrogen (secondary N) is 1. The maximum atomic E-state index is 10.5. The number of carbonyl (C=O) groups excluding carboxylic acids is 1. The maximum Gasteiger partial charge on any atom is 0.302 e. The number of hydrogen-bond acceptors (Lipinski definition) is 3. The zero-order valence-electron chi connectivity index (χ0n) is 14.1. The summed E-state index contributed by atoms with van der Waals surface area (Å²) in [5.74, 6) is -0.160. The van der Waals surface area contributed by atoms with E-state index < -0.39 is 0 Å². The normalized spacial score (nSPS) is 13.7. The molecule has 3 nitrogen and oxygen atoms in total. The predicted octanol–water partition coefficient (Wildman–Crippen LogP) is 3.98. The summed E-state index contributed by atoms with van der Waals surface area (Å²) in [6.07, 6.45) is 2.08. The zero-order valence-corrected chi connectivity index (χ0v) is 14.1. The minimum absolute atomic E-state index is 0.160. The lowest BCUT2D eigenvalue weighted by molar-refractivity contribution is -0.147. The van der Waals surface area contributed by atoms with Crippen LogP contribution in [0.4, 0.5) is 0 Å². The molecule has 23 heavy (non-hydrogen) atoms. The van der Waals surface area contributed by atoms with E-state index in [0.717, 1.165) is 25.9 Å². The van der Waals surface area contributed by atoms with Crippen LogP contribution in [0.25, 0.3) is 0 Å². The first-order valence-electron chi connectivity index (χ1n) is 8.08. The Balaban J connectivity index is 0.000000179. The Morgan fingerprint density at radius 1 is 0.913 bits per heavy atom. The molecule has 1 N–H and O–H groups in total. The van der Waals surface area contributed by atoms with Crippen LogP contribution in [-0.2, 0) is 9.53 Å². The highest BCUT2D eigenvalue weighted by molar-refractivity contribution is 5.66. The van der Waals surface area contributed by atoms with Crippen LogP contribution in [0.5, 0.6) is 0 Å². The summed E-state index contributed by atoms with van der Waals surface area (Å²) >= 11 is 0. The molecule has 0 atom stereocenters. The van der Waals surface area contributed by atoms with E-state index in [4.69, 9.17) is 4.74 Å². The van der Waals surface area contributed by atoms with Crippen molar-refractivity contribution in [3.8, 4) is 0 Å². The number of rotatable bonds is 1. The third-order valence-electron chi connectivity index (χ3n) is 3.23. The van der Waals surface area contributed by atoms with Gasteiger partial charge in [-0.05, 0) is 32.9 Å². The molecule has 1 fully saturated rings. The van der Waals surface area contributed by atoms with Crippen molar-refractivity contribution in [2.45, 2.75) is 32.8 Å². The first-order valence-corrected chi connectivity index (χ1v) is 8.08. The first kappa shape index (κ1) is 18.9. The largest absolute Gasteiger partial charge is 0.462 e. The van der Waals surface area contributed by atoms with Gasteiger partial charge in [-0.2, -0.15) is 0 Å². The topological polar surface area (TPSA) is 38.3 Å². The Hall–Kier alpha value is -2.13. The number of carbonyl (C=O) groups is 1. The Kier molecular flexibility index (Phi) is 10.2. The summed E-state index contributed by atoms with van der Waals surface area (Å²) in [5, 5.41) is 3.20. The molecule has 3 heteroatoms.